The molecule has 0 fully saturated rings. The number of furan rings is 1. The van der Waals surface area contributed by atoms with Crippen LogP contribution in [0.1, 0.15) is 25.5 Å². The molecule has 0 aliphatic rings. The first kappa shape index (κ1) is 11.7. The Balaban J connectivity index is 2.07. The Kier molecular flexibility index (Phi) is 5.12. The predicted octanol–water partition coefficient (Wildman–Crippen LogP) is 3.54. The summed E-state index contributed by atoms with van der Waals surface area (Å²) in [6, 6.07) is 3.62. The highest BCUT2D eigenvalue weighted by Crippen LogP contribution is 2.19. The van der Waals surface area contributed by atoms with E-state index in [-0.39, 0.29) is 5.78 Å². The standard InChI is InChI=1S/C10H13ClO2S/c1-8(12)3-2-6-14-7-9-4-5-10(11)13-9/h4-5H,2-3,6-7H2,1H3. The van der Waals surface area contributed by atoms with Crippen LogP contribution in [0.4, 0.5) is 0 Å². The van der Waals surface area contributed by atoms with E-state index < -0.39 is 0 Å². The molecular weight excluding hydrogens is 220 g/mol. The lowest BCUT2D eigenvalue weighted by Gasteiger charge is -1.97. The summed E-state index contributed by atoms with van der Waals surface area (Å²) in [6.07, 6.45) is 1.61. The van der Waals surface area contributed by atoms with E-state index >= 15 is 0 Å². The van der Waals surface area contributed by atoms with Crippen molar-refractivity contribution in [2.24, 2.45) is 0 Å². The maximum absolute atomic E-state index is 10.6. The summed E-state index contributed by atoms with van der Waals surface area (Å²) >= 11 is 7.38. The number of carbonyl (C=O) groups excluding carboxylic acids is 1. The molecule has 1 aromatic rings. The lowest BCUT2D eigenvalue weighted by atomic mass is 10.3. The number of ketones is 1. The van der Waals surface area contributed by atoms with Gasteiger partial charge in [-0.25, -0.2) is 0 Å². The molecule has 0 aliphatic heterocycles. The Hall–Kier alpha value is -0.410. The van der Waals surface area contributed by atoms with Crippen LogP contribution >= 0.6 is 23.4 Å². The van der Waals surface area contributed by atoms with Crippen molar-refractivity contribution in [3.8, 4) is 0 Å². The van der Waals surface area contributed by atoms with Gasteiger partial charge in [0.15, 0.2) is 5.22 Å². The molecule has 1 aromatic heterocycles. The second kappa shape index (κ2) is 6.14. The van der Waals surface area contributed by atoms with Gasteiger partial charge in [-0.2, -0.15) is 11.8 Å². The van der Waals surface area contributed by atoms with E-state index in [0.717, 1.165) is 23.7 Å². The average Bonchev–Trinajstić information content (AvgIpc) is 2.50. The van der Waals surface area contributed by atoms with Crippen LogP contribution in [0, 0.1) is 0 Å². The number of halogens is 1. The Labute approximate surface area is 93.0 Å². The monoisotopic (exact) mass is 232 g/mol. The molecule has 78 valence electrons. The quantitative estimate of drug-likeness (QED) is 0.703. The van der Waals surface area contributed by atoms with Gasteiger partial charge >= 0.3 is 0 Å². The van der Waals surface area contributed by atoms with Gasteiger partial charge in [-0.1, -0.05) is 0 Å². The fourth-order valence-corrected chi connectivity index (χ4v) is 2.04. The van der Waals surface area contributed by atoms with Gasteiger partial charge in [0.2, 0.25) is 0 Å². The summed E-state index contributed by atoms with van der Waals surface area (Å²) in [7, 11) is 0. The molecule has 0 bridgehead atoms. The number of thioether (sulfide) groups is 1. The second-order valence-corrected chi connectivity index (χ2v) is 4.54. The topological polar surface area (TPSA) is 30.2 Å². The molecule has 0 atom stereocenters. The minimum Gasteiger partial charge on any atom is -0.449 e. The third-order valence-corrected chi connectivity index (χ3v) is 2.96. The first-order valence-corrected chi connectivity index (χ1v) is 6.03. The van der Waals surface area contributed by atoms with Gasteiger partial charge in [-0.15, -0.1) is 0 Å². The number of rotatable bonds is 6. The molecule has 4 heteroatoms. The van der Waals surface area contributed by atoms with E-state index in [2.05, 4.69) is 0 Å². The van der Waals surface area contributed by atoms with Gasteiger partial charge < -0.3 is 9.21 Å². The summed E-state index contributed by atoms with van der Waals surface area (Å²) < 4.78 is 5.19. The minimum absolute atomic E-state index is 0.256. The van der Waals surface area contributed by atoms with Gasteiger partial charge in [0.25, 0.3) is 0 Å². The van der Waals surface area contributed by atoms with Crippen LogP contribution in [0.2, 0.25) is 5.22 Å². The molecule has 0 unspecified atom stereocenters. The summed E-state index contributed by atoms with van der Waals surface area (Å²) in [5.74, 6) is 2.96. The van der Waals surface area contributed by atoms with E-state index in [1.54, 1.807) is 24.8 Å². The lowest BCUT2D eigenvalue weighted by Crippen LogP contribution is -1.91. The maximum atomic E-state index is 10.6. The minimum atomic E-state index is 0.256. The number of Topliss-reactive ketones (excluding diaryl/α,β-unsaturated/α-hetero) is 1. The van der Waals surface area contributed by atoms with Crippen molar-refractivity contribution < 1.29 is 9.21 Å². The second-order valence-electron chi connectivity index (χ2n) is 3.06. The number of hydrogen-bond donors (Lipinski definition) is 0. The molecule has 0 aromatic carbocycles. The highest BCUT2D eigenvalue weighted by atomic mass is 35.5. The highest BCUT2D eigenvalue weighted by molar-refractivity contribution is 7.98. The van der Waals surface area contributed by atoms with E-state index in [0.29, 0.717) is 11.6 Å². The third kappa shape index (κ3) is 4.72. The summed E-state index contributed by atoms with van der Waals surface area (Å²) in [4.78, 5) is 10.6. The summed E-state index contributed by atoms with van der Waals surface area (Å²) in [5.41, 5.74) is 0. The molecule has 0 saturated heterocycles. The SMILES string of the molecule is CC(=O)CCCSCc1ccc(Cl)o1. The van der Waals surface area contributed by atoms with E-state index in [4.69, 9.17) is 16.0 Å². The van der Waals surface area contributed by atoms with Crippen LogP contribution in [0.5, 0.6) is 0 Å². The zero-order valence-corrected chi connectivity index (χ0v) is 9.66. The van der Waals surface area contributed by atoms with Crippen LogP contribution in [0.15, 0.2) is 16.5 Å². The first-order chi connectivity index (χ1) is 6.68. The Morgan fingerprint density at radius 2 is 2.36 bits per heavy atom. The third-order valence-electron chi connectivity index (χ3n) is 1.69. The molecule has 0 N–H and O–H groups in total. The van der Waals surface area contributed by atoms with Crippen molar-refractivity contribution in [1.82, 2.24) is 0 Å². The molecule has 1 heterocycles. The largest absolute Gasteiger partial charge is 0.449 e. The van der Waals surface area contributed by atoms with Crippen molar-refractivity contribution >= 4 is 29.1 Å². The van der Waals surface area contributed by atoms with E-state index in [9.17, 15) is 4.79 Å². The molecule has 14 heavy (non-hydrogen) atoms. The molecule has 0 aliphatic carbocycles. The van der Waals surface area contributed by atoms with Crippen LogP contribution < -0.4 is 0 Å². The summed E-state index contributed by atoms with van der Waals surface area (Å²) in [5, 5.41) is 0.435. The lowest BCUT2D eigenvalue weighted by molar-refractivity contribution is -0.117. The van der Waals surface area contributed by atoms with E-state index in [1.807, 2.05) is 6.07 Å². The first-order valence-electron chi connectivity index (χ1n) is 4.50. The van der Waals surface area contributed by atoms with Crippen molar-refractivity contribution in [3.63, 3.8) is 0 Å². The molecule has 0 radical (unpaired) electrons. The van der Waals surface area contributed by atoms with Crippen molar-refractivity contribution in [2.45, 2.75) is 25.5 Å². The number of carbonyl (C=O) groups is 1. The molecule has 2 nitrogen and oxygen atoms in total. The Bertz CT molecular complexity index is 296. The Morgan fingerprint density at radius 1 is 1.57 bits per heavy atom. The van der Waals surface area contributed by atoms with Gasteiger partial charge in [0, 0.05) is 6.42 Å². The number of hydrogen-bond acceptors (Lipinski definition) is 3. The Morgan fingerprint density at radius 3 is 2.93 bits per heavy atom. The molecule has 1 rings (SSSR count). The fourth-order valence-electron chi connectivity index (χ4n) is 1.03. The van der Waals surface area contributed by atoms with Crippen LogP contribution in [-0.2, 0) is 10.5 Å². The van der Waals surface area contributed by atoms with Gasteiger partial charge in [0.05, 0.1) is 5.75 Å². The fraction of sp³-hybridized carbons (Fsp3) is 0.500. The van der Waals surface area contributed by atoms with Crippen LogP contribution in [0.3, 0.4) is 0 Å². The van der Waals surface area contributed by atoms with Crippen molar-refractivity contribution in [1.29, 1.82) is 0 Å². The van der Waals surface area contributed by atoms with Gasteiger partial charge in [-0.3, -0.25) is 0 Å². The zero-order chi connectivity index (χ0) is 10.4. The van der Waals surface area contributed by atoms with Crippen molar-refractivity contribution in [3.05, 3.63) is 23.1 Å². The maximum Gasteiger partial charge on any atom is 0.193 e. The summed E-state index contributed by atoms with van der Waals surface area (Å²) in [6.45, 7) is 1.62. The normalized spacial score (nSPS) is 10.4. The zero-order valence-electron chi connectivity index (χ0n) is 8.09. The molecule has 0 amide bonds. The van der Waals surface area contributed by atoms with E-state index in [1.165, 1.54) is 0 Å². The predicted molar refractivity (Wildman–Crippen MR) is 59.8 cm³/mol. The van der Waals surface area contributed by atoms with Gasteiger partial charge in [0.1, 0.15) is 11.5 Å². The smallest absolute Gasteiger partial charge is 0.193 e. The molecule has 0 saturated carbocycles. The van der Waals surface area contributed by atoms with Crippen molar-refractivity contribution in [2.75, 3.05) is 5.75 Å². The van der Waals surface area contributed by atoms with Crippen LogP contribution in [-0.4, -0.2) is 11.5 Å². The average molecular weight is 233 g/mol. The highest BCUT2D eigenvalue weighted by Gasteiger charge is 2.00. The molecule has 0 spiro atoms. The molecular formula is C10H13ClO2S. The van der Waals surface area contributed by atoms with Crippen LogP contribution in [0.25, 0.3) is 0 Å². The van der Waals surface area contributed by atoms with Gasteiger partial charge in [-0.05, 0) is 42.8 Å².